The predicted octanol–water partition coefficient (Wildman–Crippen LogP) is 1.42. The Morgan fingerprint density at radius 3 is 2.47 bits per heavy atom. The van der Waals surface area contributed by atoms with Crippen molar-refractivity contribution in [1.29, 1.82) is 0 Å². The van der Waals surface area contributed by atoms with Gasteiger partial charge in [-0.3, -0.25) is 9.59 Å². The Balaban J connectivity index is 1.77. The van der Waals surface area contributed by atoms with Crippen LogP contribution in [0, 0.1) is 17.3 Å². The van der Waals surface area contributed by atoms with E-state index in [1.54, 1.807) is 0 Å². The Bertz CT molecular complexity index is 349. The summed E-state index contributed by atoms with van der Waals surface area (Å²) in [6.07, 6.45) is 3.74. The highest BCUT2D eigenvalue weighted by molar-refractivity contribution is 5.80. The molecule has 2 fully saturated rings. The van der Waals surface area contributed by atoms with Crippen LogP contribution in [0.5, 0.6) is 0 Å². The predicted molar refractivity (Wildman–Crippen MR) is 69.6 cm³/mol. The zero-order valence-electron chi connectivity index (χ0n) is 11.5. The molecular formula is C14H23NO4. The van der Waals surface area contributed by atoms with E-state index in [-0.39, 0.29) is 23.2 Å². The van der Waals surface area contributed by atoms with Gasteiger partial charge in [-0.05, 0) is 37.5 Å². The van der Waals surface area contributed by atoms with Crippen LogP contribution in [0.15, 0.2) is 0 Å². The molecule has 0 unspecified atom stereocenters. The fourth-order valence-corrected chi connectivity index (χ4v) is 2.93. The fourth-order valence-electron chi connectivity index (χ4n) is 2.93. The second-order valence-electron chi connectivity index (χ2n) is 6.19. The second kappa shape index (κ2) is 5.90. The van der Waals surface area contributed by atoms with Crippen LogP contribution in [0.3, 0.4) is 0 Å². The van der Waals surface area contributed by atoms with Gasteiger partial charge in [-0.1, -0.05) is 6.92 Å². The molecule has 1 amide bonds. The van der Waals surface area contributed by atoms with E-state index >= 15 is 0 Å². The summed E-state index contributed by atoms with van der Waals surface area (Å²) < 4.78 is 5.33. The van der Waals surface area contributed by atoms with Gasteiger partial charge in [0.25, 0.3) is 0 Å². The Morgan fingerprint density at radius 2 is 1.89 bits per heavy atom. The van der Waals surface area contributed by atoms with Gasteiger partial charge in [0.15, 0.2) is 0 Å². The minimum Gasteiger partial charge on any atom is -0.481 e. The lowest BCUT2D eigenvalue weighted by atomic mass is 9.82. The normalized spacial score (nSPS) is 29.9. The Morgan fingerprint density at radius 1 is 1.26 bits per heavy atom. The summed E-state index contributed by atoms with van der Waals surface area (Å²) in [6, 6.07) is 0. The number of hydrogen-bond acceptors (Lipinski definition) is 3. The summed E-state index contributed by atoms with van der Waals surface area (Å²) in [5, 5.41) is 11.9. The van der Waals surface area contributed by atoms with Crippen LogP contribution in [0.25, 0.3) is 0 Å². The molecule has 2 atom stereocenters. The van der Waals surface area contributed by atoms with E-state index in [4.69, 9.17) is 9.84 Å². The number of carboxylic acids is 1. The van der Waals surface area contributed by atoms with E-state index in [1.807, 2.05) is 0 Å². The standard InChI is InChI=1S/C14H23NO4/c1-14(4-6-19-7-5-14)9-15-12(16)10-2-3-11(8-10)13(17)18/h10-11H,2-9H2,1H3,(H,15,16)(H,17,18)/t10-,11+/m1/s1. The third kappa shape index (κ3) is 3.69. The van der Waals surface area contributed by atoms with Crippen molar-refractivity contribution in [3.8, 4) is 0 Å². The Labute approximate surface area is 113 Å². The molecule has 5 nitrogen and oxygen atoms in total. The summed E-state index contributed by atoms with van der Waals surface area (Å²) in [6.45, 7) is 4.36. The maximum atomic E-state index is 12.1. The molecule has 2 N–H and O–H groups in total. The average Bonchev–Trinajstić information content (AvgIpc) is 2.87. The van der Waals surface area contributed by atoms with Crippen LogP contribution in [0.1, 0.15) is 39.0 Å². The molecule has 0 spiro atoms. The molecule has 0 aromatic carbocycles. The molecule has 1 heterocycles. The summed E-state index contributed by atoms with van der Waals surface area (Å²) in [5.74, 6) is -1.21. The molecular weight excluding hydrogens is 246 g/mol. The molecule has 19 heavy (non-hydrogen) atoms. The zero-order chi connectivity index (χ0) is 13.9. The third-order valence-corrected chi connectivity index (χ3v) is 4.54. The molecule has 0 aromatic heterocycles. The van der Waals surface area contributed by atoms with Crippen molar-refractivity contribution in [2.24, 2.45) is 17.3 Å². The number of amides is 1. The fraction of sp³-hybridized carbons (Fsp3) is 0.857. The molecule has 1 aliphatic heterocycles. The highest BCUT2D eigenvalue weighted by Gasteiger charge is 2.35. The van der Waals surface area contributed by atoms with E-state index in [9.17, 15) is 9.59 Å². The lowest BCUT2D eigenvalue weighted by Crippen LogP contribution is -2.41. The highest BCUT2D eigenvalue weighted by atomic mass is 16.5. The minimum absolute atomic E-state index is 0.0245. The van der Waals surface area contributed by atoms with Gasteiger partial charge < -0.3 is 15.2 Å². The van der Waals surface area contributed by atoms with Crippen molar-refractivity contribution in [1.82, 2.24) is 5.32 Å². The number of aliphatic carboxylic acids is 1. The molecule has 2 aliphatic rings. The number of ether oxygens (including phenoxy) is 1. The summed E-state index contributed by atoms with van der Waals surface area (Å²) in [7, 11) is 0. The summed E-state index contributed by atoms with van der Waals surface area (Å²) >= 11 is 0. The third-order valence-electron chi connectivity index (χ3n) is 4.54. The minimum atomic E-state index is -0.772. The largest absolute Gasteiger partial charge is 0.481 e. The van der Waals surface area contributed by atoms with Gasteiger partial charge in [-0.25, -0.2) is 0 Å². The maximum Gasteiger partial charge on any atom is 0.306 e. The lowest BCUT2D eigenvalue weighted by Gasteiger charge is -2.33. The molecule has 1 saturated carbocycles. The number of hydrogen-bond donors (Lipinski definition) is 2. The van der Waals surface area contributed by atoms with Crippen LogP contribution in [0.4, 0.5) is 0 Å². The number of carbonyl (C=O) groups excluding carboxylic acids is 1. The van der Waals surface area contributed by atoms with Crippen LogP contribution in [0.2, 0.25) is 0 Å². The summed E-state index contributed by atoms with van der Waals surface area (Å²) in [4.78, 5) is 22.9. The van der Waals surface area contributed by atoms with Gasteiger partial charge in [0, 0.05) is 25.7 Å². The van der Waals surface area contributed by atoms with Gasteiger partial charge in [0.1, 0.15) is 0 Å². The molecule has 0 aromatic rings. The van der Waals surface area contributed by atoms with Crippen LogP contribution < -0.4 is 5.32 Å². The molecule has 5 heteroatoms. The molecule has 1 saturated heterocycles. The van der Waals surface area contributed by atoms with Crippen molar-refractivity contribution in [3.05, 3.63) is 0 Å². The first-order chi connectivity index (χ1) is 9.00. The molecule has 0 bridgehead atoms. The van der Waals surface area contributed by atoms with Crippen molar-refractivity contribution >= 4 is 11.9 Å². The number of carbonyl (C=O) groups is 2. The lowest BCUT2D eigenvalue weighted by molar-refractivity contribution is -0.141. The van der Waals surface area contributed by atoms with Crippen LogP contribution in [-0.2, 0) is 14.3 Å². The number of nitrogens with one attached hydrogen (secondary N) is 1. The smallest absolute Gasteiger partial charge is 0.306 e. The molecule has 1 aliphatic carbocycles. The van der Waals surface area contributed by atoms with E-state index in [2.05, 4.69) is 12.2 Å². The van der Waals surface area contributed by atoms with E-state index < -0.39 is 5.97 Å². The van der Waals surface area contributed by atoms with E-state index in [0.29, 0.717) is 25.8 Å². The van der Waals surface area contributed by atoms with Crippen molar-refractivity contribution in [2.45, 2.75) is 39.0 Å². The molecule has 2 rings (SSSR count). The van der Waals surface area contributed by atoms with Crippen LogP contribution in [-0.4, -0.2) is 36.7 Å². The average molecular weight is 269 g/mol. The Kier molecular flexibility index (Phi) is 4.45. The van der Waals surface area contributed by atoms with Crippen molar-refractivity contribution < 1.29 is 19.4 Å². The van der Waals surface area contributed by atoms with Gasteiger partial charge in [0.2, 0.25) is 5.91 Å². The number of carboxylic acid groups (broad SMARTS) is 1. The zero-order valence-corrected chi connectivity index (χ0v) is 11.5. The first kappa shape index (κ1) is 14.3. The van der Waals surface area contributed by atoms with Crippen LogP contribution >= 0.6 is 0 Å². The maximum absolute atomic E-state index is 12.1. The van der Waals surface area contributed by atoms with Crippen molar-refractivity contribution in [2.75, 3.05) is 19.8 Å². The van der Waals surface area contributed by atoms with Gasteiger partial charge in [0.05, 0.1) is 5.92 Å². The monoisotopic (exact) mass is 269 g/mol. The first-order valence-corrected chi connectivity index (χ1v) is 7.08. The quantitative estimate of drug-likeness (QED) is 0.809. The van der Waals surface area contributed by atoms with Crippen molar-refractivity contribution in [3.63, 3.8) is 0 Å². The molecule has 0 radical (unpaired) electrons. The molecule has 108 valence electrons. The van der Waals surface area contributed by atoms with Gasteiger partial charge >= 0.3 is 5.97 Å². The van der Waals surface area contributed by atoms with E-state index in [0.717, 1.165) is 26.1 Å². The van der Waals surface area contributed by atoms with E-state index in [1.165, 1.54) is 0 Å². The topological polar surface area (TPSA) is 75.6 Å². The number of rotatable bonds is 4. The summed E-state index contributed by atoms with van der Waals surface area (Å²) in [5.41, 5.74) is 0.124. The Hall–Kier alpha value is -1.10. The second-order valence-corrected chi connectivity index (χ2v) is 6.19. The van der Waals surface area contributed by atoms with Gasteiger partial charge in [-0.2, -0.15) is 0 Å². The highest BCUT2D eigenvalue weighted by Crippen LogP contribution is 2.32. The SMILES string of the molecule is CC1(CNC(=O)[C@@H]2CC[C@H](C(=O)O)C2)CCOCC1. The first-order valence-electron chi connectivity index (χ1n) is 7.08. The van der Waals surface area contributed by atoms with Gasteiger partial charge in [-0.15, -0.1) is 0 Å².